The van der Waals surface area contributed by atoms with Crippen molar-refractivity contribution in [3.8, 4) is 0 Å². The van der Waals surface area contributed by atoms with Crippen LogP contribution in [0.5, 0.6) is 0 Å². The molecule has 1 heterocycles. The summed E-state index contributed by atoms with van der Waals surface area (Å²) >= 11 is 0. The summed E-state index contributed by atoms with van der Waals surface area (Å²) in [4.78, 5) is 11.0. The Morgan fingerprint density at radius 2 is 1.52 bits per heavy atom. The van der Waals surface area contributed by atoms with Gasteiger partial charge in [-0.1, -0.05) is 58.3 Å². The van der Waals surface area contributed by atoms with Gasteiger partial charge >= 0.3 is 5.97 Å². The number of carbonyl (C=O) groups excluding carboxylic acids is 1. The molecule has 0 fully saturated rings. The lowest BCUT2D eigenvalue weighted by molar-refractivity contribution is -0.140. The molecule has 25 heavy (non-hydrogen) atoms. The summed E-state index contributed by atoms with van der Waals surface area (Å²) in [6, 6.07) is 2.24. The third kappa shape index (κ3) is 10.4. The molecule has 0 aromatic carbocycles. The van der Waals surface area contributed by atoms with Crippen molar-refractivity contribution in [3.05, 3.63) is 23.2 Å². The summed E-state index contributed by atoms with van der Waals surface area (Å²) in [5.74, 6) is 2.30. The molecule has 0 bridgehead atoms. The quantitative estimate of drug-likeness (QED) is 0.266. The van der Waals surface area contributed by atoms with E-state index >= 15 is 0 Å². The number of carbonyl (C=O) groups is 1. The monoisotopic (exact) mass is 350 g/mol. The summed E-state index contributed by atoms with van der Waals surface area (Å²) < 4.78 is 10.7. The summed E-state index contributed by atoms with van der Waals surface area (Å²) in [7, 11) is 1.46. The lowest BCUT2D eigenvalue weighted by atomic mass is 10.1. The van der Waals surface area contributed by atoms with E-state index in [0.29, 0.717) is 6.42 Å². The van der Waals surface area contributed by atoms with E-state index in [9.17, 15) is 4.79 Å². The lowest BCUT2D eigenvalue weighted by Crippen LogP contribution is -1.99. The maximum Gasteiger partial charge on any atom is 0.305 e. The Morgan fingerprint density at radius 1 is 0.920 bits per heavy atom. The van der Waals surface area contributed by atoms with Gasteiger partial charge in [0.15, 0.2) is 0 Å². The molecule has 0 spiro atoms. The predicted octanol–water partition coefficient (Wildman–Crippen LogP) is 6.55. The van der Waals surface area contributed by atoms with Crippen molar-refractivity contribution in [2.45, 2.75) is 104 Å². The standard InChI is InChI=1S/C22H38O3/c1-4-5-12-15-20-18-19(2)21(25-20)16-13-10-8-6-7-9-11-14-17-22(23)24-3/h18H,4-17H2,1-3H3. The minimum Gasteiger partial charge on any atom is -0.469 e. The van der Waals surface area contributed by atoms with Gasteiger partial charge in [-0.2, -0.15) is 0 Å². The molecule has 0 saturated carbocycles. The average molecular weight is 351 g/mol. The first-order valence-corrected chi connectivity index (χ1v) is 10.3. The van der Waals surface area contributed by atoms with Crippen molar-refractivity contribution < 1.29 is 13.9 Å². The Balaban J connectivity index is 2.00. The highest BCUT2D eigenvalue weighted by Crippen LogP contribution is 2.20. The van der Waals surface area contributed by atoms with E-state index in [1.54, 1.807) is 0 Å². The third-order valence-electron chi connectivity index (χ3n) is 4.86. The first-order chi connectivity index (χ1) is 12.2. The first-order valence-electron chi connectivity index (χ1n) is 10.3. The zero-order valence-corrected chi connectivity index (χ0v) is 16.7. The van der Waals surface area contributed by atoms with E-state index < -0.39 is 0 Å². The Labute approximate surface area is 154 Å². The Kier molecular flexibility index (Phi) is 12.2. The fourth-order valence-electron chi connectivity index (χ4n) is 3.23. The summed E-state index contributed by atoms with van der Waals surface area (Å²) in [5, 5.41) is 0. The zero-order valence-electron chi connectivity index (χ0n) is 16.7. The number of unbranched alkanes of at least 4 members (excludes halogenated alkanes) is 9. The van der Waals surface area contributed by atoms with Gasteiger partial charge in [-0.15, -0.1) is 0 Å². The molecule has 0 saturated heterocycles. The van der Waals surface area contributed by atoms with Gasteiger partial charge in [-0.05, 0) is 37.8 Å². The van der Waals surface area contributed by atoms with Crippen LogP contribution in [0.15, 0.2) is 10.5 Å². The highest BCUT2D eigenvalue weighted by molar-refractivity contribution is 5.68. The minimum absolute atomic E-state index is 0.0817. The Bertz CT molecular complexity index is 462. The van der Waals surface area contributed by atoms with Gasteiger partial charge < -0.3 is 9.15 Å². The van der Waals surface area contributed by atoms with Crippen LogP contribution in [-0.2, 0) is 22.4 Å². The molecule has 144 valence electrons. The van der Waals surface area contributed by atoms with Crippen LogP contribution in [0.2, 0.25) is 0 Å². The molecule has 1 rings (SSSR count). The number of rotatable bonds is 15. The van der Waals surface area contributed by atoms with Crippen LogP contribution in [0, 0.1) is 6.92 Å². The molecule has 1 aromatic heterocycles. The van der Waals surface area contributed by atoms with Crippen LogP contribution in [0.4, 0.5) is 0 Å². The van der Waals surface area contributed by atoms with Crippen LogP contribution in [0.1, 0.15) is 101 Å². The zero-order chi connectivity index (χ0) is 18.3. The number of methoxy groups -OCH3 is 1. The van der Waals surface area contributed by atoms with E-state index in [4.69, 9.17) is 4.42 Å². The van der Waals surface area contributed by atoms with Crippen LogP contribution in [0.25, 0.3) is 0 Å². The largest absolute Gasteiger partial charge is 0.469 e. The molecule has 0 unspecified atom stereocenters. The maximum atomic E-state index is 11.0. The predicted molar refractivity (Wildman–Crippen MR) is 104 cm³/mol. The molecule has 3 heteroatoms. The van der Waals surface area contributed by atoms with E-state index in [-0.39, 0.29) is 5.97 Å². The van der Waals surface area contributed by atoms with Gasteiger partial charge in [0.2, 0.25) is 0 Å². The number of hydrogen-bond acceptors (Lipinski definition) is 3. The van der Waals surface area contributed by atoms with Gasteiger partial charge in [0.25, 0.3) is 0 Å². The number of esters is 1. The van der Waals surface area contributed by atoms with Crippen molar-refractivity contribution in [3.63, 3.8) is 0 Å². The van der Waals surface area contributed by atoms with Crippen LogP contribution < -0.4 is 0 Å². The number of furan rings is 1. The smallest absolute Gasteiger partial charge is 0.305 e. The second kappa shape index (κ2) is 14.0. The van der Waals surface area contributed by atoms with Crippen molar-refractivity contribution in [1.82, 2.24) is 0 Å². The van der Waals surface area contributed by atoms with E-state index in [2.05, 4.69) is 24.7 Å². The van der Waals surface area contributed by atoms with E-state index in [1.807, 2.05) is 0 Å². The fourth-order valence-corrected chi connectivity index (χ4v) is 3.23. The van der Waals surface area contributed by atoms with Crippen molar-refractivity contribution in [2.24, 2.45) is 0 Å². The fraction of sp³-hybridized carbons (Fsp3) is 0.773. The number of aryl methyl sites for hydroxylation is 3. The van der Waals surface area contributed by atoms with E-state index in [1.165, 1.54) is 82.0 Å². The second-order valence-electron chi connectivity index (χ2n) is 7.18. The summed E-state index contributed by atoms with van der Waals surface area (Å²) in [6.07, 6.45) is 16.3. The topological polar surface area (TPSA) is 39.4 Å². The highest BCUT2D eigenvalue weighted by atomic mass is 16.5. The maximum absolute atomic E-state index is 11.0. The molecule has 0 atom stereocenters. The molecular weight excluding hydrogens is 312 g/mol. The molecule has 0 aliphatic heterocycles. The Morgan fingerprint density at radius 3 is 2.16 bits per heavy atom. The molecule has 0 aliphatic rings. The van der Waals surface area contributed by atoms with Gasteiger partial charge in [0.1, 0.15) is 11.5 Å². The van der Waals surface area contributed by atoms with Gasteiger partial charge in [0.05, 0.1) is 7.11 Å². The van der Waals surface area contributed by atoms with Gasteiger partial charge in [0, 0.05) is 19.3 Å². The SMILES string of the molecule is CCCCCc1cc(C)c(CCCCCCCCCCC(=O)OC)o1. The van der Waals surface area contributed by atoms with Crippen LogP contribution in [-0.4, -0.2) is 13.1 Å². The molecule has 0 N–H and O–H groups in total. The van der Waals surface area contributed by atoms with Crippen molar-refractivity contribution in [2.75, 3.05) is 7.11 Å². The molecular formula is C22H38O3. The van der Waals surface area contributed by atoms with E-state index in [0.717, 1.165) is 25.7 Å². The second-order valence-corrected chi connectivity index (χ2v) is 7.18. The lowest BCUT2D eigenvalue weighted by Gasteiger charge is -2.03. The van der Waals surface area contributed by atoms with Gasteiger partial charge in [-0.25, -0.2) is 0 Å². The molecule has 0 amide bonds. The molecule has 1 aromatic rings. The van der Waals surface area contributed by atoms with Crippen LogP contribution in [0.3, 0.4) is 0 Å². The summed E-state index contributed by atoms with van der Waals surface area (Å²) in [6.45, 7) is 4.41. The number of ether oxygens (including phenoxy) is 1. The highest BCUT2D eigenvalue weighted by Gasteiger charge is 2.07. The first kappa shape index (κ1) is 21.8. The summed E-state index contributed by atoms with van der Waals surface area (Å²) in [5.41, 5.74) is 1.33. The minimum atomic E-state index is -0.0817. The Hall–Kier alpha value is -1.25. The van der Waals surface area contributed by atoms with Crippen molar-refractivity contribution in [1.29, 1.82) is 0 Å². The molecule has 3 nitrogen and oxygen atoms in total. The van der Waals surface area contributed by atoms with Crippen LogP contribution >= 0.6 is 0 Å². The van der Waals surface area contributed by atoms with Crippen molar-refractivity contribution >= 4 is 5.97 Å². The normalized spacial score (nSPS) is 11.0. The number of hydrogen-bond donors (Lipinski definition) is 0. The van der Waals surface area contributed by atoms with Gasteiger partial charge in [-0.3, -0.25) is 4.79 Å². The third-order valence-corrected chi connectivity index (χ3v) is 4.86. The average Bonchev–Trinajstić information content (AvgIpc) is 2.96. The molecule has 0 aliphatic carbocycles. The molecule has 0 radical (unpaired) electrons.